The summed E-state index contributed by atoms with van der Waals surface area (Å²) in [5, 5.41) is 0. The summed E-state index contributed by atoms with van der Waals surface area (Å²) in [7, 11) is 3.48. The Morgan fingerprint density at radius 3 is 2.29 bits per heavy atom. The van der Waals surface area contributed by atoms with Gasteiger partial charge in [0.25, 0.3) is 0 Å². The van der Waals surface area contributed by atoms with Crippen LogP contribution in [-0.4, -0.2) is 58.0 Å². The standard InChI is InChI=1S/C13H30N2O2/c1-5-12(2)13(14)11-15(8-10-17-4)7-6-9-16-3/h12-13H,5-11,14H2,1-4H3. The molecule has 0 rings (SSSR count). The summed E-state index contributed by atoms with van der Waals surface area (Å²) in [5.74, 6) is 0.572. The number of rotatable bonds is 11. The van der Waals surface area contributed by atoms with Crippen LogP contribution < -0.4 is 5.73 Å². The van der Waals surface area contributed by atoms with Crippen molar-refractivity contribution in [3.8, 4) is 0 Å². The monoisotopic (exact) mass is 246 g/mol. The zero-order valence-corrected chi connectivity index (χ0v) is 11.9. The van der Waals surface area contributed by atoms with Crippen LogP contribution in [0, 0.1) is 5.92 Å². The van der Waals surface area contributed by atoms with Crippen LogP contribution in [0.1, 0.15) is 26.7 Å². The third kappa shape index (κ3) is 8.55. The molecular weight excluding hydrogens is 216 g/mol. The molecule has 0 saturated heterocycles. The number of hydrogen-bond acceptors (Lipinski definition) is 4. The van der Waals surface area contributed by atoms with E-state index in [4.69, 9.17) is 15.2 Å². The summed E-state index contributed by atoms with van der Waals surface area (Å²) in [6.45, 7) is 8.90. The molecule has 0 aromatic carbocycles. The van der Waals surface area contributed by atoms with Crippen LogP contribution in [0.3, 0.4) is 0 Å². The molecule has 4 heteroatoms. The van der Waals surface area contributed by atoms with Gasteiger partial charge in [-0.2, -0.15) is 0 Å². The zero-order chi connectivity index (χ0) is 13.1. The molecule has 0 saturated carbocycles. The quantitative estimate of drug-likeness (QED) is 0.559. The predicted octanol–water partition coefficient (Wildman–Crippen LogP) is 1.34. The molecule has 0 aliphatic carbocycles. The number of nitrogens with two attached hydrogens (primary N) is 1. The van der Waals surface area contributed by atoms with E-state index in [0.29, 0.717) is 5.92 Å². The summed E-state index contributed by atoms with van der Waals surface area (Å²) in [4.78, 5) is 2.37. The number of methoxy groups -OCH3 is 2. The van der Waals surface area contributed by atoms with Gasteiger partial charge in [0, 0.05) is 46.5 Å². The van der Waals surface area contributed by atoms with Crippen LogP contribution in [0.15, 0.2) is 0 Å². The maximum Gasteiger partial charge on any atom is 0.0589 e. The highest BCUT2D eigenvalue weighted by atomic mass is 16.5. The molecule has 104 valence electrons. The fraction of sp³-hybridized carbons (Fsp3) is 1.00. The van der Waals surface area contributed by atoms with Crippen LogP contribution in [0.4, 0.5) is 0 Å². The Labute approximate surface area is 106 Å². The Bertz CT molecular complexity index is 167. The summed E-state index contributed by atoms with van der Waals surface area (Å²) >= 11 is 0. The van der Waals surface area contributed by atoms with Gasteiger partial charge < -0.3 is 15.2 Å². The van der Waals surface area contributed by atoms with Crippen molar-refractivity contribution in [3.05, 3.63) is 0 Å². The van der Waals surface area contributed by atoms with E-state index in [1.807, 2.05) is 0 Å². The predicted molar refractivity (Wildman–Crippen MR) is 72.2 cm³/mol. The molecule has 17 heavy (non-hydrogen) atoms. The van der Waals surface area contributed by atoms with Crippen LogP contribution in [-0.2, 0) is 9.47 Å². The fourth-order valence-electron chi connectivity index (χ4n) is 1.73. The van der Waals surface area contributed by atoms with Crippen molar-refractivity contribution < 1.29 is 9.47 Å². The molecule has 0 bridgehead atoms. The van der Waals surface area contributed by atoms with E-state index in [2.05, 4.69) is 18.7 Å². The molecule has 2 N–H and O–H groups in total. The van der Waals surface area contributed by atoms with Gasteiger partial charge in [-0.25, -0.2) is 0 Å². The van der Waals surface area contributed by atoms with Crippen LogP contribution >= 0.6 is 0 Å². The molecular formula is C13H30N2O2. The smallest absolute Gasteiger partial charge is 0.0589 e. The van der Waals surface area contributed by atoms with Crippen molar-refractivity contribution in [3.63, 3.8) is 0 Å². The molecule has 0 aliphatic rings. The maximum atomic E-state index is 6.19. The average Bonchev–Trinajstić information content (AvgIpc) is 2.34. The summed E-state index contributed by atoms with van der Waals surface area (Å²) < 4.78 is 10.2. The molecule has 0 spiro atoms. The Hall–Kier alpha value is -0.160. The first-order chi connectivity index (χ1) is 8.15. The first kappa shape index (κ1) is 16.8. The summed E-state index contributed by atoms with van der Waals surface area (Å²) in [6.07, 6.45) is 2.19. The topological polar surface area (TPSA) is 47.7 Å². The number of ether oxygens (including phenoxy) is 2. The highest BCUT2D eigenvalue weighted by molar-refractivity contribution is 4.73. The first-order valence-electron chi connectivity index (χ1n) is 6.61. The molecule has 0 aliphatic heterocycles. The van der Waals surface area contributed by atoms with Gasteiger partial charge in [0.05, 0.1) is 6.61 Å². The molecule has 0 aromatic rings. The molecule has 0 heterocycles. The highest BCUT2D eigenvalue weighted by Gasteiger charge is 2.15. The molecule has 0 radical (unpaired) electrons. The second-order valence-electron chi connectivity index (χ2n) is 4.69. The minimum Gasteiger partial charge on any atom is -0.385 e. The first-order valence-corrected chi connectivity index (χ1v) is 6.61. The van der Waals surface area contributed by atoms with Crippen molar-refractivity contribution >= 4 is 0 Å². The SMILES string of the molecule is CCC(C)C(N)CN(CCCOC)CCOC. The van der Waals surface area contributed by atoms with Crippen molar-refractivity contribution in [2.45, 2.75) is 32.7 Å². The minimum atomic E-state index is 0.249. The van der Waals surface area contributed by atoms with E-state index in [0.717, 1.165) is 45.7 Å². The van der Waals surface area contributed by atoms with Crippen LogP contribution in [0.2, 0.25) is 0 Å². The minimum absolute atomic E-state index is 0.249. The largest absolute Gasteiger partial charge is 0.385 e. The lowest BCUT2D eigenvalue weighted by atomic mass is 9.99. The van der Waals surface area contributed by atoms with Gasteiger partial charge in [-0.15, -0.1) is 0 Å². The van der Waals surface area contributed by atoms with Crippen molar-refractivity contribution in [2.24, 2.45) is 11.7 Å². The fourth-order valence-corrected chi connectivity index (χ4v) is 1.73. The number of nitrogens with zero attached hydrogens (tertiary/aromatic N) is 1. The van der Waals surface area contributed by atoms with Gasteiger partial charge in [0.15, 0.2) is 0 Å². The average molecular weight is 246 g/mol. The van der Waals surface area contributed by atoms with Gasteiger partial charge in [-0.05, 0) is 12.3 Å². The molecule has 2 atom stereocenters. The summed E-state index contributed by atoms with van der Waals surface area (Å²) in [6, 6.07) is 0.249. The van der Waals surface area contributed by atoms with E-state index in [-0.39, 0.29) is 6.04 Å². The van der Waals surface area contributed by atoms with Gasteiger partial charge in [0.1, 0.15) is 0 Å². The molecule has 0 fully saturated rings. The van der Waals surface area contributed by atoms with E-state index >= 15 is 0 Å². The van der Waals surface area contributed by atoms with Crippen molar-refractivity contribution in [1.29, 1.82) is 0 Å². The van der Waals surface area contributed by atoms with E-state index in [1.54, 1.807) is 14.2 Å². The number of hydrogen-bond donors (Lipinski definition) is 1. The van der Waals surface area contributed by atoms with Gasteiger partial charge in [0.2, 0.25) is 0 Å². The van der Waals surface area contributed by atoms with Gasteiger partial charge in [-0.3, -0.25) is 4.90 Å². The molecule has 0 amide bonds. The van der Waals surface area contributed by atoms with Gasteiger partial charge >= 0.3 is 0 Å². The second kappa shape index (κ2) is 11.0. The zero-order valence-electron chi connectivity index (χ0n) is 11.9. The molecule has 0 aromatic heterocycles. The van der Waals surface area contributed by atoms with Crippen molar-refractivity contribution in [1.82, 2.24) is 4.90 Å². The van der Waals surface area contributed by atoms with E-state index < -0.39 is 0 Å². The summed E-state index contributed by atoms with van der Waals surface area (Å²) in [5.41, 5.74) is 6.19. The maximum absolute atomic E-state index is 6.19. The van der Waals surface area contributed by atoms with Crippen molar-refractivity contribution in [2.75, 3.05) is 47.1 Å². The lowest BCUT2D eigenvalue weighted by Gasteiger charge is -2.28. The van der Waals surface area contributed by atoms with Crippen LogP contribution in [0.5, 0.6) is 0 Å². The Kier molecular flexibility index (Phi) is 10.9. The molecule has 2 unspecified atom stereocenters. The lowest BCUT2D eigenvalue weighted by Crippen LogP contribution is -2.43. The third-order valence-electron chi connectivity index (χ3n) is 3.28. The second-order valence-corrected chi connectivity index (χ2v) is 4.69. The van der Waals surface area contributed by atoms with E-state index in [1.165, 1.54) is 0 Å². The highest BCUT2D eigenvalue weighted by Crippen LogP contribution is 2.07. The normalized spacial score (nSPS) is 15.2. The third-order valence-corrected chi connectivity index (χ3v) is 3.28. The lowest BCUT2D eigenvalue weighted by molar-refractivity contribution is 0.124. The van der Waals surface area contributed by atoms with Crippen LogP contribution in [0.25, 0.3) is 0 Å². The Morgan fingerprint density at radius 1 is 1.12 bits per heavy atom. The molecule has 4 nitrogen and oxygen atoms in total. The Morgan fingerprint density at radius 2 is 1.76 bits per heavy atom. The van der Waals surface area contributed by atoms with E-state index in [9.17, 15) is 0 Å². The van der Waals surface area contributed by atoms with Gasteiger partial charge in [-0.1, -0.05) is 20.3 Å². The Balaban J connectivity index is 3.98.